The maximum atomic E-state index is 4.18. The van der Waals surface area contributed by atoms with Gasteiger partial charge in [-0.15, -0.1) is 0 Å². The van der Waals surface area contributed by atoms with Crippen LogP contribution in [0, 0.1) is 6.92 Å². The van der Waals surface area contributed by atoms with E-state index >= 15 is 0 Å². The van der Waals surface area contributed by atoms with E-state index in [0.29, 0.717) is 5.92 Å². The first-order chi connectivity index (χ1) is 7.61. The van der Waals surface area contributed by atoms with Gasteiger partial charge in [0.15, 0.2) is 0 Å². The number of rotatable bonds is 1. The SMILES string of the molecule is CC(C)c1nccn1C.Cc1ccccn1. The molecule has 16 heavy (non-hydrogen) atoms. The summed E-state index contributed by atoms with van der Waals surface area (Å²) in [5, 5.41) is 0. The summed E-state index contributed by atoms with van der Waals surface area (Å²) in [7, 11) is 2.02. The molecule has 2 aromatic rings. The lowest BCUT2D eigenvalue weighted by Crippen LogP contribution is -1.98. The molecule has 0 unspecified atom stereocenters. The minimum absolute atomic E-state index is 0.532. The van der Waals surface area contributed by atoms with E-state index in [1.54, 1.807) is 6.20 Å². The van der Waals surface area contributed by atoms with Crippen LogP contribution in [-0.2, 0) is 7.05 Å². The molecule has 2 aromatic heterocycles. The van der Waals surface area contributed by atoms with Gasteiger partial charge in [0.1, 0.15) is 5.82 Å². The van der Waals surface area contributed by atoms with E-state index in [9.17, 15) is 0 Å². The van der Waals surface area contributed by atoms with Gasteiger partial charge in [0, 0.05) is 37.3 Å². The van der Waals surface area contributed by atoms with Crippen LogP contribution in [0.2, 0.25) is 0 Å². The molecule has 0 amide bonds. The minimum Gasteiger partial charge on any atom is -0.338 e. The molecule has 2 rings (SSSR count). The van der Waals surface area contributed by atoms with Crippen molar-refractivity contribution in [3.8, 4) is 0 Å². The van der Waals surface area contributed by atoms with Gasteiger partial charge in [0.05, 0.1) is 0 Å². The van der Waals surface area contributed by atoms with Crippen molar-refractivity contribution >= 4 is 0 Å². The van der Waals surface area contributed by atoms with Crippen LogP contribution in [0.3, 0.4) is 0 Å². The first kappa shape index (κ1) is 12.4. The number of hydrogen-bond acceptors (Lipinski definition) is 2. The van der Waals surface area contributed by atoms with Gasteiger partial charge in [-0.1, -0.05) is 19.9 Å². The minimum atomic E-state index is 0.532. The van der Waals surface area contributed by atoms with Crippen molar-refractivity contribution in [1.29, 1.82) is 0 Å². The molecule has 2 heterocycles. The Hall–Kier alpha value is -1.64. The maximum Gasteiger partial charge on any atom is 0.110 e. The number of aromatic nitrogens is 3. The van der Waals surface area contributed by atoms with Crippen LogP contribution in [0.5, 0.6) is 0 Å². The molecule has 0 fully saturated rings. The predicted molar refractivity (Wildman–Crippen MR) is 66.3 cm³/mol. The molecular weight excluding hydrogens is 198 g/mol. The second kappa shape index (κ2) is 6.05. The summed E-state index contributed by atoms with van der Waals surface area (Å²) >= 11 is 0. The molecule has 0 spiro atoms. The van der Waals surface area contributed by atoms with Crippen molar-refractivity contribution in [2.24, 2.45) is 7.05 Å². The monoisotopic (exact) mass is 217 g/mol. The van der Waals surface area contributed by atoms with Crippen LogP contribution in [0.25, 0.3) is 0 Å². The van der Waals surface area contributed by atoms with Gasteiger partial charge in [0.2, 0.25) is 0 Å². The van der Waals surface area contributed by atoms with Crippen molar-refractivity contribution < 1.29 is 0 Å². The van der Waals surface area contributed by atoms with Crippen molar-refractivity contribution in [3.05, 3.63) is 48.3 Å². The molecule has 86 valence electrons. The molecule has 3 nitrogen and oxygen atoms in total. The lowest BCUT2D eigenvalue weighted by atomic mass is 10.2. The summed E-state index contributed by atoms with van der Waals surface area (Å²) in [4.78, 5) is 8.16. The van der Waals surface area contributed by atoms with E-state index in [1.807, 2.05) is 49.1 Å². The molecule has 0 saturated carbocycles. The van der Waals surface area contributed by atoms with Gasteiger partial charge in [-0.25, -0.2) is 4.98 Å². The summed E-state index contributed by atoms with van der Waals surface area (Å²) < 4.78 is 2.05. The zero-order valence-corrected chi connectivity index (χ0v) is 10.4. The van der Waals surface area contributed by atoms with Crippen LogP contribution in [0.4, 0.5) is 0 Å². The van der Waals surface area contributed by atoms with Gasteiger partial charge in [-0.2, -0.15) is 0 Å². The Kier molecular flexibility index (Phi) is 4.70. The molecule has 0 bridgehead atoms. The highest BCUT2D eigenvalue weighted by Crippen LogP contribution is 2.08. The standard InChI is InChI=1S/C7H12N2.C6H7N/c1-6(2)7-8-4-5-9(7)3;1-6-4-2-3-5-7-6/h4-6H,1-3H3;2-5H,1H3. The Labute approximate surface area is 97.2 Å². The highest BCUT2D eigenvalue weighted by molar-refractivity contribution is 5.00. The normalized spacial score (nSPS) is 9.81. The van der Waals surface area contributed by atoms with Gasteiger partial charge in [-0.05, 0) is 19.1 Å². The van der Waals surface area contributed by atoms with Crippen LogP contribution < -0.4 is 0 Å². The summed E-state index contributed by atoms with van der Waals surface area (Å²) in [6, 6.07) is 5.86. The zero-order valence-electron chi connectivity index (χ0n) is 10.4. The number of hydrogen-bond donors (Lipinski definition) is 0. The van der Waals surface area contributed by atoms with Crippen LogP contribution in [0.15, 0.2) is 36.8 Å². The smallest absolute Gasteiger partial charge is 0.110 e. The maximum absolute atomic E-state index is 4.18. The Balaban J connectivity index is 0.000000165. The van der Waals surface area contributed by atoms with Crippen molar-refractivity contribution in [1.82, 2.24) is 14.5 Å². The van der Waals surface area contributed by atoms with Crippen molar-refractivity contribution in [2.45, 2.75) is 26.7 Å². The van der Waals surface area contributed by atoms with E-state index in [1.165, 1.54) is 0 Å². The van der Waals surface area contributed by atoms with E-state index in [0.717, 1.165) is 11.5 Å². The summed E-state index contributed by atoms with van der Waals surface area (Å²) in [6.07, 6.45) is 5.58. The molecular formula is C13H19N3. The van der Waals surface area contributed by atoms with Crippen molar-refractivity contribution in [2.75, 3.05) is 0 Å². The fraction of sp³-hybridized carbons (Fsp3) is 0.385. The fourth-order valence-electron chi connectivity index (χ4n) is 1.38. The molecule has 0 saturated heterocycles. The highest BCUT2D eigenvalue weighted by Gasteiger charge is 2.01. The van der Waals surface area contributed by atoms with Gasteiger partial charge >= 0.3 is 0 Å². The van der Waals surface area contributed by atoms with Crippen LogP contribution >= 0.6 is 0 Å². The quantitative estimate of drug-likeness (QED) is 0.735. The van der Waals surface area contributed by atoms with Gasteiger partial charge in [0.25, 0.3) is 0 Å². The molecule has 0 aliphatic heterocycles. The molecule has 0 aliphatic rings. The zero-order chi connectivity index (χ0) is 12.0. The number of aryl methyl sites for hydroxylation is 2. The Morgan fingerprint density at radius 3 is 2.12 bits per heavy atom. The Bertz CT molecular complexity index is 404. The van der Waals surface area contributed by atoms with E-state index in [-0.39, 0.29) is 0 Å². The van der Waals surface area contributed by atoms with E-state index < -0.39 is 0 Å². The molecule has 0 radical (unpaired) electrons. The van der Waals surface area contributed by atoms with Crippen LogP contribution in [-0.4, -0.2) is 14.5 Å². The topological polar surface area (TPSA) is 30.7 Å². The lowest BCUT2D eigenvalue weighted by Gasteiger charge is -2.02. The Morgan fingerprint density at radius 2 is 1.88 bits per heavy atom. The summed E-state index contributed by atoms with van der Waals surface area (Å²) in [5.41, 5.74) is 1.07. The predicted octanol–water partition coefficient (Wildman–Crippen LogP) is 2.93. The van der Waals surface area contributed by atoms with E-state index in [4.69, 9.17) is 0 Å². The third-order valence-electron chi connectivity index (χ3n) is 2.19. The van der Waals surface area contributed by atoms with Gasteiger partial charge in [-0.3, -0.25) is 4.98 Å². The first-order valence-corrected chi connectivity index (χ1v) is 5.46. The van der Waals surface area contributed by atoms with Crippen molar-refractivity contribution in [3.63, 3.8) is 0 Å². The Morgan fingerprint density at radius 1 is 1.12 bits per heavy atom. The average Bonchev–Trinajstić information content (AvgIpc) is 2.66. The third kappa shape index (κ3) is 3.85. The fourth-order valence-corrected chi connectivity index (χ4v) is 1.38. The largest absolute Gasteiger partial charge is 0.338 e. The second-order valence-corrected chi connectivity index (χ2v) is 4.02. The molecule has 3 heteroatoms. The second-order valence-electron chi connectivity index (χ2n) is 4.02. The number of pyridine rings is 1. The van der Waals surface area contributed by atoms with Crippen LogP contribution in [0.1, 0.15) is 31.3 Å². The number of imidazole rings is 1. The summed E-state index contributed by atoms with van der Waals surface area (Å²) in [5.74, 6) is 1.68. The lowest BCUT2D eigenvalue weighted by molar-refractivity contribution is 0.711. The summed E-state index contributed by atoms with van der Waals surface area (Å²) in [6.45, 7) is 6.25. The molecule has 0 aliphatic carbocycles. The third-order valence-corrected chi connectivity index (χ3v) is 2.19. The average molecular weight is 217 g/mol. The van der Waals surface area contributed by atoms with E-state index in [2.05, 4.69) is 23.8 Å². The molecule has 0 atom stereocenters. The molecule has 0 aromatic carbocycles. The molecule has 0 N–H and O–H groups in total. The number of nitrogens with zero attached hydrogens (tertiary/aromatic N) is 3. The van der Waals surface area contributed by atoms with Gasteiger partial charge < -0.3 is 4.57 Å². The first-order valence-electron chi connectivity index (χ1n) is 5.46. The highest BCUT2D eigenvalue weighted by atomic mass is 15.0.